The highest BCUT2D eigenvalue weighted by molar-refractivity contribution is 5.83. The van der Waals surface area contributed by atoms with E-state index in [0.29, 0.717) is 13.1 Å². The minimum Gasteiger partial charge on any atom is -0.465 e. The van der Waals surface area contributed by atoms with Gasteiger partial charge in [-0.1, -0.05) is 0 Å². The van der Waals surface area contributed by atoms with Gasteiger partial charge >= 0.3 is 6.09 Å². The van der Waals surface area contributed by atoms with Crippen molar-refractivity contribution in [1.82, 2.24) is 0 Å². The summed E-state index contributed by atoms with van der Waals surface area (Å²) in [6.45, 7) is 2.60. The van der Waals surface area contributed by atoms with E-state index in [-0.39, 0.29) is 11.4 Å². The van der Waals surface area contributed by atoms with Crippen LogP contribution in [0.1, 0.15) is 6.92 Å². The fourth-order valence-electron chi connectivity index (χ4n) is 2.11. The Balaban J connectivity index is 2.21. The van der Waals surface area contributed by atoms with Crippen molar-refractivity contribution in [3.63, 3.8) is 0 Å². The van der Waals surface area contributed by atoms with Crippen LogP contribution in [-0.2, 0) is 4.74 Å². The number of amides is 1. The molecule has 0 saturated carbocycles. The molecule has 0 bridgehead atoms. The van der Waals surface area contributed by atoms with Crippen LogP contribution in [0.5, 0.6) is 0 Å². The zero-order valence-corrected chi connectivity index (χ0v) is 10.5. The zero-order chi connectivity index (χ0) is 14.2. The molecule has 1 amide bonds. The quantitative estimate of drug-likeness (QED) is 0.886. The third-order valence-electron chi connectivity index (χ3n) is 3.13. The van der Waals surface area contributed by atoms with Gasteiger partial charge in [-0.25, -0.2) is 13.6 Å². The molecular weight excluding hydrogens is 258 g/mol. The highest BCUT2D eigenvalue weighted by Gasteiger charge is 2.41. The van der Waals surface area contributed by atoms with Crippen molar-refractivity contribution in [2.75, 3.05) is 30.4 Å². The Labute approximate surface area is 108 Å². The van der Waals surface area contributed by atoms with Gasteiger partial charge in [0.2, 0.25) is 0 Å². The highest BCUT2D eigenvalue weighted by atomic mass is 19.1. The van der Waals surface area contributed by atoms with Gasteiger partial charge in [-0.05, 0) is 19.1 Å². The second-order valence-corrected chi connectivity index (χ2v) is 4.73. The average molecular weight is 272 g/mol. The van der Waals surface area contributed by atoms with Crippen molar-refractivity contribution in [2.45, 2.75) is 12.5 Å². The Hall–Kier alpha value is -1.89. The first-order valence-electron chi connectivity index (χ1n) is 5.64. The molecule has 0 aliphatic carbocycles. The summed E-state index contributed by atoms with van der Waals surface area (Å²) < 4.78 is 32.9. The summed E-state index contributed by atoms with van der Waals surface area (Å²) in [7, 11) is 1.55. The zero-order valence-electron chi connectivity index (χ0n) is 10.5. The van der Waals surface area contributed by atoms with Crippen LogP contribution in [-0.4, -0.2) is 37.0 Å². The molecule has 1 saturated heterocycles. The first-order chi connectivity index (χ1) is 8.84. The second-order valence-electron chi connectivity index (χ2n) is 4.73. The lowest BCUT2D eigenvalue weighted by Crippen LogP contribution is -2.61. The molecule has 5 nitrogen and oxygen atoms in total. The third-order valence-corrected chi connectivity index (χ3v) is 3.13. The molecule has 2 rings (SSSR count). The Morgan fingerprint density at radius 3 is 2.37 bits per heavy atom. The van der Waals surface area contributed by atoms with Gasteiger partial charge in [0.05, 0.1) is 5.60 Å². The minimum atomic E-state index is -1.37. The number of carboxylic acid groups (broad SMARTS) is 1. The molecule has 0 radical (unpaired) electrons. The van der Waals surface area contributed by atoms with Gasteiger partial charge in [-0.15, -0.1) is 0 Å². The largest absolute Gasteiger partial charge is 0.465 e. The van der Waals surface area contributed by atoms with E-state index in [4.69, 9.17) is 9.84 Å². The van der Waals surface area contributed by atoms with Crippen LogP contribution in [0.2, 0.25) is 0 Å². The van der Waals surface area contributed by atoms with Gasteiger partial charge in [-0.3, -0.25) is 5.32 Å². The number of hydrogen-bond donors (Lipinski definition) is 2. The van der Waals surface area contributed by atoms with E-state index in [1.54, 1.807) is 7.11 Å². The SMILES string of the molecule is COC1(C)CN(c2c(F)cc(NC(=O)O)cc2F)C1. The van der Waals surface area contributed by atoms with Crippen LogP contribution >= 0.6 is 0 Å². The fourth-order valence-corrected chi connectivity index (χ4v) is 2.11. The number of carbonyl (C=O) groups is 1. The van der Waals surface area contributed by atoms with Crippen LogP contribution < -0.4 is 10.2 Å². The van der Waals surface area contributed by atoms with E-state index < -0.39 is 23.3 Å². The summed E-state index contributed by atoms with van der Waals surface area (Å²) in [6.07, 6.45) is -1.37. The topological polar surface area (TPSA) is 61.8 Å². The van der Waals surface area contributed by atoms with Gasteiger partial charge in [0.25, 0.3) is 0 Å². The molecule has 1 heterocycles. The third kappa shape index (κ3) is 2.60. The molecule has 0 unspecified atom stereocenters. The van der Waals surface area contributed by atoms with Crippen molar-refractivity contribution in [1.29, 1.82) is 0 Å². The van der Waals surface area contributed by atoms with Gasteiger partial charge < -0.3 is 14.7 Å². The normalized spacial score (nSPS) is 16.9. The molecule has 1 fully saturated rings. The van der Waals surface area contributed by atoms with Crippen molar-refractivity contribution in [2.24, 2.45) is 0 Å². The van der Waals surface area contributed by atoms with E-state index in [2.05, 4.69) is 0 Å². The molecule has 2 N–H and O–H groups in total. The van der Waals surface area contributed by atoms with Gasteiger partial charge in [-0.2, -0.15) is 0 Å². The Morgan fingerprint density at radius 2 is 1.95 bits per heavy atom. The molecule has 0 spiro atoms. The molecule has 19 heavy (non-hydrogen) atoms. The van der Waals surface area contributed by atoms with Crippen molar-refractivity contribution in [3.8, 4) is 0 Å². The standard InChI is InChI=1S/C12H14F2N2O3/c1-12(19-2)5-16(6-12)10-8(13)3-7(4-9(10)14)15-11(17)18/h3-4,15H,5-6H2,1-2H3,(H,17,18). The lowest BCUT2D eigenvalue weighted by atomic mass is 9.95. The van der Waals surface area contributed by atoms with Gasteiger partial charge in [0.1, 0.15) is 5.69 Å². The maximum absolute atomic E-state index is 13.8. The molecule has 104 valence electrons. The number of halogens is 2. The van der Waals surface area contributed by atoms with Crippen LogP contribution in [0.4, 0.5) is 25.0 Å². The van der Waals surface area contributed by atoms with Gasteiger partial charge in [0.15, 0.2) is 11.6 Å². The van der Waals surface area contributed by atoms with E-state index in [1.807, 2.05) is 12.2 Å². The monoisotopic (exact) mass is 272 g/mol. The number of nitrogens with one attached hydrogen (secondary N) is 1. The number of hydrogen-bond acceptors (Lipinski definition) is 3. The molecule has 1 aromatic carbocycles. The maximum atomic E-state index is 13.8. The molecule has 1 aromatic rings. The predicted octanol–water partition coefficient (Wildman–Crippen LogP) is 2.28. The van der Waals surface area contributed by atoms with Crippen LogP contribution in [0.15, 0.2) is 12.1 Å². The summed E-state index contributed by atoms with van der Waals surface area (Å²) in [6, 6.07) is 1.91. The number of ether oxygens (including phenoxy) is 1. The number of benzene rings is 1. The van der Waals surface area contributed by atoms with Crippen molar-refractivity contribution < 1.29 is 23.4 Å². The van der Waals surface area contributed by atoms with Gasteiger partial charge in [0, 0.05) is 25.9 Å². The molecule has 0 atom stereocenters. The van der Waals surface area contributed by atoms with Crippen LogP contribution in [0.25, 0.3) is 0 Å². The average Bonchev–Trinajstić information content (AvgIpc) is 2.24. The van der Waals surface area contributed by atoms with Crippen molar-refractivity contribution in [3.05, 3.63) is 23.8 Å². The van der Waals surface area contributed by atoms with E-state index in [9.17, 15) is 13.6 Å². The minimum absolute atomic E-state index is 0.138. The second kappa shape index (κ2) is 4.65. The van der Waals surface area contributed by atoms with Crippen LogP contribution in [0.3, 0.4) is 0 Å². The number of rotatable bonds is 3. The molecule has 1 aliphatic rings. The highest BCUT2D eigenvalue weighted by Crippen LogP contribution is 2.34. The molecule has 0 aromatic heterocycles. The number of methoxy groups -OCH3 is 1. The first kappa shape index (κ1) is 13.5. The predicted molar refractivity (Wildman–Crippen MR) is 65.6 cm³/mol. The molecular formula is C12H14F2N2O3. The summed E-state index contributed by atoms with van der Waals surface area (Å²) in [4.78, 5) is 11.9. The molecule has 7 heteroatoms. The lowest BCUT2D eigenvalue weighted by Gasteiger charge is -2.48. The number of anilines is 2. The first-order valence-corrected chi connectivity index (χ1v) is 5.64. The summed E-state index contributed by atoms with van der Waals surface area (Å²) in [5.41, 5.74) is -0.705. The summed E-state index contributed by atoms with van der Waals surface area (Å²) in [5.74, 6) is -1.61. The Morgan fingerprint density at radius 1 is 1.42 bits per heavy atom. The fraction of sp³-hybridized carbons (Fsp3) is 0.417. The Kier molecular flexibility index (Phi) is 3.32. The Bertz CT molecular complexity index is 493. The maximum Gasteiger partial charge on any atom is 0.409 e. The van der Waals surface area contributed by atoms with Crippen molar-refractivity contribution >= 4 is 17.5 Å². The van der Waals surface area contributed by atoms with E-state index in [1.165, 1.54) is 4.90 Å². The van der Waals surface area contributed by atoms with Crippen LogP contribution in [0, 0.1) is 11.6 Å². The summed E-state index contributed by atoms with van der Waals surface area (Å²) >= 11 is 0. The smallest absolute Gasteiger partial charge is 0.409 e. The van der Waals surface area contributed by atoms with E-state index in [0.717, 1.165) is 12.1 Å². The lowest BCUT2D eigenvalue weighted by molar-refractivity contribution is -0.0173. The number of nitrogens with zero attached hydrogens (tertiary/aromatic N) is 1. The van der Waals surface area contributed by atoms with E-state index >= 15 is 0 Å². The molecule has 1 aliphatic heterocycles. The summed E-state index contributed by atoms with van der Waals surface area (Å²) in [5, 5.41) is 10.4.